The lowest BCUT2D eigenvalue weighted by Gasteiger charge is -2.18. The van der Waals surface area contributed by atoms with Gasteiger partial charge >= 0.3 is 5.97 Å². The van der Waals surface area contributed by atoms with E-state index in [9.17, 15) is 13.2 Å². The number of methoxy groups -OCH3 is 1. The third-order valence-corrected chi connectivity index (χ3v) is 5.96. The van der Waals surface area contributed by atoms with E-state index in [2.05, 4.69) is 4.74 Å². The second-order valence-electron chi connectivity index (χ2n) is 5.29. The monoisotopic (exact) mass is 298 g/mol. The standard InChI is InChI=1S/C15H22O4S/c1-10(2)13-6-8-14(9-7-13)20(17,18)12(4)11(3)15(16)19-5/h6-12H,1-5H3. The van der Waals surface area contributed by atoms with Gasteiger partial charge in [0.15, 0.2) is 9.84 Å². The molecule has 2 unspecified atom stereocenters. The predicted molar refractivity (Wildman–Crippen MR) is 78.4 cm³/mol. The second-order valence-corrected chi connectivity index (χ2v) is 7.59. The van der Waals surface area contributed by atoms with Gasteiger partial charge in [-0.05, 0) is 30.5 Å². The van der Waals surface area contributed by atoms with E-state index in [1.165, 1.54) is 14.0 Å². The van der Waals surface area contributed by atoms with Crippen LogP contribution in [0.2, 0.25) is 0 Å². The molecule has 0 N–H and O–H groups in total. The van der Waals surface area contributed by atoms with Crippen molar-refractivity contribution in [2.24, 2.45) is 5.92 Å². The molecule has 0 heterocycles. The molecule has 4 nitrogen and oxygen atoms in total. The van der Waals surface area contributed by atoms with Crippen LogP contribution in [0.15, 0.2) is 29.2 Å². The van der Waals surface area contributed by atoms with E-state index in [0.29, 0.717) is 5.92 Å². The molecule has 0 aliphatic rings. The Morgan fingerprint density at radius 2 is 1.55 bits per heavy atom. The van der Waals surface area contributed by atoms with Gasteiger partial charge in [0.1, 0.15) is 0 Å². The molecule has 0 aliphatic carbocycles. The summed E-state index contributed by atoms with van der Waals surface area (Å²) in [4.78, 5) is 11.7. The summed E-state index contributed by atoms with van der Waals surface area (Å²) in [5.74, 6) is -0.868. The largest absolute Gasteiger partial charge is 0.469 e. The number of hydrogen-bond acceptors (Lipinski definition) is 4. The Hall–Kier alpha value is -1.36. The highest BCUT2D eigenvalue weighted by molar-refractivity contribution is 7.92. The zero-order valence-electron chi connectivity index (χ0n) is 12.6. The molecule has 0 radical (unpaired) electrons. The van der Waals surface area contributed by atoms with E-state index >= 15 is 0 Å². The van der Waals surface area contributed by atoms with E-state index in [1.54, 1.807) is 19.1 Å². The Balaban J connectivity index is 3.07. The quantitative estimate of drug-likeness (QED) is 0.784. The molecule has 2 atom stereocenters. The summed E-state index contributed by atoms with van der Waals surface area (Å²) in [5.41, 5.74) is 1.08. The van der Waals surface area contributed by atoms with E-state index in [0.717, 1.165) is 5.56 Å². The number of hydrogen-bond donors (Lipinski definition) is 0. The van der Waals surface area contributed by atoms with Gasteiger partial charge in [-0.25, -0.2) is 8.42 Å². The lowest BCUT2D eigenvalue weighted by atomic mass is 10.0. The van der Waals surface area contributed by atoms with Crippen LogP contribution < -0.4 is 0 Å². The molecule has 0 saturated heterocycles. The van der Waals surface area contributed by atoms with Crippen molar-refractivity contribution in [1.82, 2.24) is 0 Å². The lowest BCUT2D eigenvalue weighted by Crippen LogP contribution is -2.31. The van der Waals surface area contributed by atoms with Crippen LogP contribution in [0.4, 0.5) is 0 Å². The van der Waals surface area contributed by atoms with Crippen molar-refractivity contribution in [3.63, 3.8) is 0 Å². The zero-order chi connectivity index (χ0) is 15.5. The predicted octanol–water partition coefficient (Wildman–Crippen LogP) is 2.78. The number of ether oxygens (including phenoxy) is 1. The highest BCUT2D eigenvalue weighted by atomic mass is 32.2. The maximum Gasteiger partial charge on any atom is 0.309 e. The Bertz CT molecular complexity index is 558. The third kappa shape index (κ3) is 3.39. The molecule has 112 valence electrons. The van der Waals surface area contributed by atoms with Crippen LogP contribution in [-0.2, 0) is 19.4 Å². The number of rotatable bonds is 5. The zero-order valence-corrected chi connectivity index (χ0v) is 13.4. The van der Waals surface area contributed by atoms with Crippen molar-refractivity contribution in [1.29, 1.82) is 0 Å². The van der Waals surface area contributed by atoms with Crippen LogP contribution in [0.25, 0.3) is 0 Å². The Kier molecular flexibility index (Phi) is 5.34. The molecule has 0 fully saturated rings. The van der Waals surface area contributed by atoms with Gasteiger partial charge in [0.2, 0.25) is 0 Å². The molecule has 0 bridgehead atoms. The molecule has 0 aromatic heterocycles. The normalized spacial score (nSPS) is 14.9. The summed E-state index contributed by atoms with van der Waals surface area (Å²) in [6, 6.07) is 6.83. The molecule has 1 aromatic rings. The van der Waals surface area contributed by atoms with Gasteiger partial charge in [0, 0.05) is 0 Å². The Labute approximate surface area is 121 Å². The van der Waals surface area contributed by atoms with Crippen molar-refractivity contribution in [2.75, 3.05) is 7.11 Å². The van der Waals surface area contributed by atoms with Crippen molar-refractivity contribution in [2.45, 2.75) is 43.8 Å². The average Bonchev–Trinajstić information content (AvgIpc) is 2.44. The van der Waals surface area contributed by atoms with Crippen molar-refractivity contribution in [3.8, 4) is 0 Å². The lowest BCUT2D eigenvalue weighted by molar-refractivity contribution is -0.144. The van der Waals surface area contributed by atoms with Gasteiger partial charge in [-0.3, -0.25) is 4.79 Å². The summed E-state index contributed by atoms with van der Waals surface area (Å²) in [6.07, 6.45) is 0. The molecular weight excluding hydrogens is 276 g/mol. The minimum absolute atomic E-state index is 0.241. The third-order valence-electron chi connectivity index (χ3n) is 3.64. The number of carbonyl (C=O) groups excluding carboxylic acids is 1. The summed E-state index contributed by atoms with van der Waals surface area (Å²) in [6.45, 7) is 7.20. The van der Waals surface area contributed by atoms with Crippen LogP contribution in [0.5, 0.6) is 0 Å². The van der Waals surface area contributed by atoms with Gasteiger partial charge in [-0.15, -0.1) is 0 Å². The number of benzene rings is 1. The van der Waals surface area contributed by atoms with Crippen LogP contribution in [0, 0.1) is 5.92 Å². The average molecular weight is 298 g/mol. The first-order valence-corrected chi connectivity index (χ1v) is 8.18. The summed E-state index contributed by atoms with van der Waals surface area (Å²) >= 11 is 0. The molecule has 1 rings (SSSR count). The fourth-order valence-electron chi connectivity index (χ4n) is 1.90. The van der Waals surface area contributed by atoms with Gasteiger partial charge in [0.05, 0.1) is 23.2 Å². The van der Waals surface area contributed by atoms with Gasteiger partial charge in [-0.2, -0.15) is 0 Å². The highest BCUT2D eigenvalue weighted by Gasteiger charge is 2.32. The van der Waals surface area contributed by atoms with Crippen molar-refractivity contribution in [3.05, 3.63) is 29.8 Å². The minimum Gasteiger partial charge on any atom is -0.469 e. The topological polar surface area (TPSA) is 60.4 Å². The first kappa shape index (κ1) is 16.7. The number of sulfone groups is 1. The maximum atomic E-state index is 12.5. The van der Waals surface area contributed by atoms with Crippen LogP contribution >= 0.6 is 0 Å². The Morgan fingerprint density at radius 3 is 1.95 bits per heavy atom. The molecule has 20 heavy (non-hydrogen) atoms. The number of esters is 1. The highest BCUT2D eigenvalue weighted by Crippen LogP contribution is 2.24. The fraction of sp³-hybridized carbons (Fsp3) is 0.533. The second kappa shape index (κ2) is 6.39. The van der Waals surface area contributed by atoms with Gasteiger partial charge in [-0.1, -0.05) is 32.9 Å². The van der Waals surface area contributed by atoms with E-state index < -0.39 is 27.0 Å². The summed E-state index contributed by atoms with van der Waals surface area (Å²) < 4.78 is 29.5. The first-order valence-electron chi connectivity index (χ1n) is 6.63. The molecule has 0 amide bonds. The van der Waals surface area contributed by atoms with Crippen molar-refractivity contribution >= 4 is 15.8 Å². The van der Waals surface area contributed by atoms with E-state index in [-0.39, 0.29) is 4.90 Å². The molecule has 5 heteroatoms. The van der Waals surface area contributed by atoms with Crippen LogP contribution in [-0.4, -0.2) is 26.7 Å². The molecular formula is C15H22O4S. The molecule has 0 saturated carbocycles. The van der Waals surface area contributed by atoms with Crippen molar-refractivity contribution < 1.29 is 17.9 Å². The van der Waals surface area contributed by atoms with Crippen LogP contribution in [0.1, 0.15) is 39.2 Å². The SMILES string of the molecule is COC(=O)C(C)C(C)S(=O)(=O)c1ccc(C(C)C)cc1. The fourth-order valence-corrected chi connectivity index (χ4v) is 3.50. The van der Waals surface area contributed by atoms with E-state index in [1.807, 2.05) is 26.0 Å². The van der Waals surface area contributed by atoms with Gasteiger partial charge < -0.3 is 4.74 Å². The summed E-state index contributed by atoms with van der Waals surface area (Å²) in [5, 5.41) is -0.820. The molecule has 1 aromatic carbocycles. The van der Waals surface area contributed by atoms with Gasteiger partial charge in [0.25, 0.3) is 0 Å². The van der Waals surface area contributed by atoms with Crippen LogP contribution in [0.3, 0.4) is 0 Å². The maximum absolute atomic E-state index is 12.5. The van der Waals surface area contributed by atoms with E-state index in [4.69, 9.17) is 0 Å². The molecule has 0 spiro atoms. The first-order chi connectivity index (χ1) is 9.21. The smallest absolute Gasteiger partial charge is 0.309 e. The number of carbonyl (C=O) groups is 1. The Morgan fingerprint density at radius 1 is 1.05 bits per heavy atom. The molecule has 0 aliphatic heterocycles. The summed E-state index contributed by atoms with van der Waals surface area (Å²) in [7, 11) is -2.28. The minimum atomic E-state index is -3.54.